The number of hydrogen-bond acceptors (Lipinski definition) is 2. The van der Waals surface area contributed by atoms with Crippen LogP contribution in [0, 0.1) is 0 Å². The van der Waals surface area contributed by atoms with Gasteiger partial charge in [0.25, 0.3) is 0 Å². The van der Waals surface area contributed by atoms with E-state index in [-0.39, 0.29) is 0 Å². The van der Waals surface area contributed by atoms with Crippen molar-refractivity contribution in [3.05, 3.63) is 132 Å². The molecule has 0 aliphatic rings. The van der Waals surface area contributed by atoms with E-state index in [1.165, 1.54) is 23.1 Å². The number of fused-ring (bicyclic) bond motifs is 1. The molecule has 0 bridgehead atoms. The molecule has 5 rings (SSSR count). The lowest BCUT2D eigenvalue weighted by molar-refractivity contribution is 0.550. The van der Waals surface area contributed by atoms with Gasteiger partial charge in [-0.15, -0.1) is 0 Å². The van der Waals surface area contributed by atoms with Crippen molar-refractivity contribution < 1.29 is 0 Å². The molecule has 2 N–H and O–H groups in total. The minimum Gasteiger partial charge on any atom is -0.399 e. The monoisotopic (exact) mass is 545 g/mol. The summed E-state index contributed by atoms with van der Waals surface area (Å²) in [6.45, 7) is 16.6. The second kappa shape index (κ2) is 15.6. The standard InChI is InChI=1S/C33H33N3.C3H8.C2H6/c1-4-23(2)36-32-20-19-29(24(3)34)22-31(32)35-33(36)28-17-15-25(16-18-28)21-30(26-11-7-5-8-12-26)27-13-9-6-10-14-27;1-3-2;1-2/h5-20,22-23,30H,3-4,21,34H2,1-2H3;3H2,1-2H3;1-2H3. The van der Waals surface area contributed by atoms with Crippen molar-refractivity contribution in [3.8, 4) is 11.4 Å². The van der Waals surface area contributed by atoms with Crippen LogP contribution in [0.15, 0.2) is 110 Å². The van der Waals surface area contributed by atoms with Crippen molar-refractivity contribution in [2.24, 2.45) is 5.73 Å². The molecule has 3 heteroatoms. The molecule has 5 aromatic rings. The van der Waals surface area contributed by atoms with E-state index < -0.39 is 0 Å². The van der Waals surface area contributed by atoms with Crippen LogP contribution in [0.5, 0.6) is 0 Å². The summed E-state index contributed by atoms with van der Waals surface area (Å²) in [5, 5.41) is 0. The van der Waals surface area contributed by atoms with Crippen molar-refractivity contribution in [2.45, 2.75) is 72.8 Å². The molecule has 0 radical (unpaired) electrons. The topological polar surface area (TPSA) is 43.8 Å². The highest BCUT2D eigenvalue weighted by Gasteiger charge is 2.18. The molecule has 0 fully saturated rings. The number of rotatable bonds is 8. The van der Waals surface area contributed by atoms with E-state index in [4.69, 9.17) is 10.7 Å². The van der Waals surface area contributed by atoms with Crippen molar-refractivity contribution in [2.75, 3.05) is 0 Å². The number of imidazole rings is 1. The minimum atomic E-state index is 0.311. The van der Waals surface area contributed by atoms with E-state index in [1.54, 1.807) is 0 Å². The Kier molecular flexibility index (Phi) is 12.0. The molecular weight excluding hydrogens is 498 g/mol. The van der Waals surface area contributed by atoms with Gasteiger partial charge in [0.05, 0.1) is 11.0 Å². The quantitative estimate of drug-likeness (QED) is 0.211. The zero-order valence-electron chi connectivity index (χ0n) is 25.8. The third-order valence-electron chi connectivity index (χ3n) is 7.15. The summed E-state index contributed by atoms with van der Waals surface area (Å²) in [5.41, 5.74) is 14.6. The molecule has 0 saturated carbocycles. The first-order valence-electron chi connectivity index (χ1n) is 15.1. The molecule has 0 aliphatic carbocycles. The van der Waals surface area contributed by atoms with Gasteiger partial charge in [0.1, 0.15) is 5.82 Å². The summed E-state index contributed by atoms with van der Waals surface area (Å²) in [6.07, 6.45) is 3.22. The smallest absolute Gasteiger partial charge is 0.141 e. The largest absolute Gasteiger partial charge is 0.399 e. The average molecular weight is 546 g/mol. The number of nitrogens with zero attached hydrogens (tertiary/aromatic N) is 2. The Morgan fingerprint density at radius 1 is 0.805 bits per heavy atom. The van der Waals surface area contributed by atoms with Crippen LogP contribution in [-0.4, -0.2) is 9.55 Å². The molecule has 1 unspecified atom stereocenters. The van der Waals surface area contributed by atoms with Crippen molar-refractivity contribution in [3.63, 3.8) is 0 Å². The SMILES string of the molecule is C=C(N)c1ccc2c(c1)nc(-c1ccc(CC(c3ccccc3)c3ccccc3)cc1)n2C(C)CC.CC.CCC. The Balaban J connectivity index is 0.000000868. The Bertz CT molecular complexity index is 1440. The first-order valence-corrected chi connectivity index (χ1v) is 15.1. The number of benzene rings is 4. The first kappa shape index (κ1) is 31.4. The summed E-state index contributed by atoms with van der Waals surface area (Å²) in [4.78, 5) is 5.05. The molecule has 1 heterocycles. The fourth-order valence-corrected chi connectivity index (χ4v) is 4.96. The van der Waals surface area contributed by atoms with Gasteiger partial charge in [-0.25, -0.2) is 4.98 Å². The summed E-state index contributed by atoms with van der Waals surface area (Å²) >= 11 is 0. The number of aromatic nitrogens is 2. The third-order valence-corrected chi connectivity index (χ3v) is 7.15. The Morgan fingerprint density at radius 3 is 1.83 bits per heavy atom. The van der Waals surface area contributed by atoms with E-state index in [9.17, 15) is 0 Å². The van der Waals surface area contributed by atoms with Gasteiger partial charge < -0.3 is 10.3 Å². The number of nitrogens with two attached hydrogens (primary N) is 1. The van der Waals surface area contributed by atoms with Crippen molar-refractivity contribution >= 4 is 16.7 Å². The molecule has 0 aliphatic heterocycles. The normalized spacial score (nSPS) is 11.3. The highest BCUT2D eigenvalue weighted by atomic mass is 15.1. The lowest BCUT2D eigenvalue weighted by atomic mass is 9.86. The molecule has 0 spiro atoms. The van der Waals surface area contributed by atoms with Crippen LogP contribution >= 0.6 is 0 Å². The molecular formula is C38H47N3. The van der Waals surface area contributed by atoms with Crippen molar-refractivity contribution in [1.82, 2.24) is 9.55 Å². The average Bonchev–Trinajstić information content (AvgIpc) is 3.41. The van der Waals surface area contributed by atoms with Crippen LogP contribution in [0.3, 0.4) is 0 Å². The van der Waals surface area contributed by atoms with Gasteiger partial charge in [0.2, 0.25) is 0 Å². The van der Waals surface area contributed by atoms with Crippen LogP contribution in [0.4, 0.5) is 0 Å². The van der Waals surface area contributed by atoms with Gasteiger partial charge >= 0.3 is 0 Å². The highest BCUT2D eigenvalue weighted by molar-refractivity contribution is 5.84. The lowest BCUT2D eigenvalue weighted by Crippen LogP contribution is -2.07. The van der Waals surface area contributed by atoms with Gasteiger partial charge in [0.15, 0.2) is 0 Å². The molecule has 0 saturated heterocycles. The van der Waals surface area contributed by atoms with Crippen LogP contribution < -0.4 is 5.73 Å². The van der Waals surface area contributed by atoms with E-state index >= 15 is 0 Å². The van der Waals surface area contributed by atoms with Crippen LogP contribution in [0.2, 0.25) is 0 Å². The molecule has 1 atom stereocenters. The maximum atomic E-state index is 5.96. The predicted molar refractivity (Wildman–Crippen MR) is 179 cm³/mol. The molecule has 214 valence electrons. The summed E-state index contributed by atoms with van der Waals surface area (Å²) < 4.78 is 2.35. The Morgan fingerprint density at radius 2 is 1.34 bits per heavy atom. The maximum absolute atomic E-state index is 5.96. The molecule has 1 aromatic heterocycles. The Hall–Kier alpha value is -4.11. The van der Waals surface area contributed by atoms with E-state index in [0.717, 1.165) is 40.8 Å². The van der Waals surface area contributed by atoms with Gasteiger partial charge in [-0.2, -0.15) is 0 Å². The summed E-state index contributed by atoms with van der Waals surface area (Å²) in [6, 6.07) is 37.0. The predicted octanol–water partition coefficient (Wildman–Crippen LogP) is 10.4. The molecule has 4 aromatic carbocycles. The van der Waals surface area contributed by atoms with Gasteiger partial charge in [-0.3, -0.25) is 0 Å². The van der Waals surface area contributed by atoms with Crippen LogP contribution in [0.25, 0.3) is 28.1 Å². The molecule has 3 nitrogen and oxygen atoms in total. The van der Waals surface area contributed by atoms with E-state index in [2.05, 4.69) is 130 Å². The highest BCUT2D eigenvalue weighted by Crippen LogP contribution is 2.33. The summed E-state index contributed by atoms with van der Waals surface area (Å²) in [7, 11) is 0. The molecule has 41 heavy (non-hydrogen) atoms. The second-order valence-electron chi connectivity index (χ2n) is 10.3. The van der Waals surface area contributed by atoms with E-state index in [1.807, 2.05) is 26.0 Å². The fourth-order valence-electron chi connectivity index (χ4n) is 4.96. The third kappa shape index (κ3) is 7.76. The van der Waals surface area contributed by atoms with Crippen LogP contribution in [0.1, 0.15) is 88.6 Å². The first-order chi connectivity index (χ1) is 20.0. The number of hydrogen-bond donors (Lipinski definition) is 1. The lowest BCUT2D eigenvalue weighted by Gasteiger charge is -2.19. The zero-order chi connectivity index (χ0) is 29.8. The van der Waals surface area contributed by atoms with Gasteiger partial charge in [-0.1, -0.05) is 139 Å². The van der Waals surface area contributed by atoms with Crippen LogP contribution in [-0.2, 0) is 6.42 Å². The second-order valence-corrected chi connectivity index (χ2v) is 10.3. The minimum absolute atomic E-state index is 0.311. The van der Waals surface area contributed by atoms with Gasteiger partial charge in [0, 0.05) is 23.2 Å². The summed E-state index contributed by atoms with van der Waals surface area (Å²) in [5.74, 6) is 1.30. The maximum Gasteiger partial charge on any atom is 0.141 e. The van der Waals surface area contributed by atoms with Crippen molar-refractivity contribution in [1.29, 1.82) is 0 Å². The van der Waals surface area contributed by atoms with Gasteiger partial charge in [-0.05, 0) is 54.2 Å². The fraction of sp³-hybridized carbons (Fsp3) is 0.289. The Labute approximate surface area is 247 Å². The zero-order valence-corrected chi connectivity index (χ0v) is 25.8. The van der Waals surface area contributed by atoms with E-state index in [0.29, 0.717) is 17.7 Å². The molecule has 0 amide bonds.